The van der Waals surface area contributed by atoms with Gasteiger partial charge in [-0.3, -0.25) is 9.69 Å². The molecule has 18 heavy (non-hydrogen) atoms. The molecule has 0 bridgehead atoms. The molecule has 0 aliphatic carbocycles. The van der Waals surface area contributed by atoms with Crippen LogP contribution in [-0.4, -0.2) is 49.8 Å². The number of aldehydes is 1. The molecule has 1 aromatic rings. The first-order valence-corrected chi connectivity index (χ1v) is 6.58. The molecule has 1 aliphatic heterocycles. The van der Waals surface area contributed by atoms with Crippen molar-refractivity contribution in [2.24, 2.45) is 5.92 Å². The van der Waals surface area contributed by atoms with Gasteiger partial charge >= 0.3 is 0 Å². The molecule has 0 N–H and O–H groups in total. The molecule has 0 spiro atoms. The van der Waals surface area contributed by atoms with Gasteiger partial charge in [0.15, 0.2) is 12.0 Å². The third-order valence-electron chi connectivity index (χ3n) is 3.63. The number of piperidine rings is 1. The van der Waals surface area contributed by atoms with Gasteiger partial charge in [-0.15, -0.1) is 0 Å². The fourth-order valence-electron chi connectivity index (χ4n) is 2.56. The van der Waals surface area contributed by atoms with E-state index in [1.165, 1.54) is 25.9 Å². The predicted molar refractivity (Wildman–Crippen MR) is 70.7 cm³/mol. The van der Waals surface area contributed by atoms with E-state index in [1.54, 1.807) is 6.07 Å². The van der Waals surface area contributed by atoms with Gasteiger partial charge < -0.3 is 9.32 Å². The maximum absolute atomic E-state index is 10.5. The minimum absolute atomic E-state index is 0.415. The van der Waals surface area contributed by atoms with Crippen molar-refractivity contribution in [2.75, 3.05) is 33.7 Å². The first-order valence-electron chi connectivity index (χ1n) is 6.58. The molecule has 0 amide bonds. The number of likely N-dealkylation sites (tertiary alicyclic amines) is 1. The van der Waals surface area contributed by atoms with E-state index in [1.807, 2.05) is 6.07 Å². The van der Waals surface area contributed by atoms with Crippen LogP contribution in [0.25, 0.3) is 0 Å². The van der Waals surface area contributed by atoms with E-state index in [0.29, 0.717) is 5.76 Å². The minimum atomic E-state index is 0.415. The van der Waals surface area contributed by atoms with Gasteiger partial charge in [0, 0.05) is 6.54 Å². The van der Waals surface area contributed by atoms with Crippen LogP contribution < -0.4 is 0 Å². The number of rotatable bonds is 5. The van der Waals surface area contributed by atoms with Crippen molar-refractivity contribution in [3.05, 3.63) is 23.7 Å². The predicted octanol–water partition coefficient (Wildman–Crippen LogP) is 1.87. The van der Waals surface area contributed by atoms with E-state index in [4.69, 9.17) is 4.42 Å². The summed E-state index contributed by atoms with van der Waals surface area (Å²) < 4.78 is 5.39. The first-order chi connectivity index (χ1) is 8.67. The number of carbonyl (C=O) groups is 1. The quantitative estimate of drug-likeness (QED) is 0.748. The molecule has 0 aromatic carbocycles. The molecular formula is C14H22N2O2. The Labute approximate surface area is 109 Å². The van der Waals surface area contributed by atoms with Crippen LogP contribution in [0.4, 0.5) is 0 Å². The van der Waals surface area contributed by atoms with Crippen LogP contribution in [0, 0.1) is 5.92 Å². The molecule has 100 valence electrons. The largest absolute Gasteiger partial charge is 0.457 e. The van der Waals surface area contributed by atoms with Crippen molar-refractivity contribution in [1.82, 2.24) is 9.80 Å². The van der Waals surface area contributed by atoms with Gasteiger partial charge in [-0.05, 0) is 58.1 Å². The summed E-state index contributed by atoms with van der Waals surface area (Å²) in [4.78, 5) is 15.2. The lowest BCUT2D eigenvalue weighted by molar-refractivity contribution is 0.109. The molecule has 1 saturated heterocycles. The summed E-state index contributed by atoms with van der Waals surface area (Å²) >= 11 is 0. The van der Waals surface area contributed by atoms with Crippen molar-refractivity contribution in [3.8, 4) is 0 Å². The van der Waals surface area contributed by atoms with Crippen LogP contribution in [0.1, 0.15) is 29.2 Å². The molecule has 4 nitrogen and oxygen atoms in total. The molecule has 2 heterocycles. The van der Waals surface area contributed by atoms with Gasteiger partial charge in [-0.25, -0.2) is 0 Å². The van der Waals surface area contributed by atoms with Crippen molar-refractivity contribution in [1.29, 1.82) is 0 Å². The highest BCUT2D eigenvalue weighted by Crippen LogP contribution is 2.18. The lowest BCUT2D eigenvalue weighted by Crippen LogP contribution is -2.35. The van der Waals surface area contributed by atoms with Crippen LogP contribution in [0.2, 0.25) is 0 Å². The van der Waals surface area contributed by atoms with E-state index >= 15 is 0 Å². The topological polar surface area (TPSA) is 36.7 Å². The molecule has 0 radical (unpaired) electrons. The van der Waals surface area contributed by atoms with Gasteiger partial charge in [0.1, 0.15) is 5.76 Å². The fraction of sp³-hybridized carbons (Fsp3) is 0.643. The molecule has 2 rings (SSSR count). The van der Waals surface area contributed by atoms with Gasteiger partial charge in [-0.1, -0.05) is 0 Å². The Hall–Kier alpha value is -1.13. The average Bonchev–Trinajstić information content (AvgIpc) is 2.79. The molecular weight excluding hydrogens is 228 g/mol. The molecule has 1 fully saturated rings. The van der Waals surface area contributed by atoms with E-state index < -0.39 is 0 Å². The number of nitrogens with zero attached hydrogens (tertiary/aromatic N) is 2. The molecule has 1 aromatic heterocycles. The smallest absolute Gasteiger partial charge is 0.185 e. The summed E-state index contributed by atoms with van der Waals surface area (Å²) in [6.45, 7) is 4.29. The Morgan fingerprint density at radius 3 is 2.78 bits per heavy atom. The van der Waals surface area contributed by atoms with Gasteiger partial charge in [-0.2, -0.15) is 0 Å². The second-order valence-corrected chi connectivity index (χ2v) is 5.37. The molecule has 0 saturated carbocycles. The van der Waals surface area contributed by atoms with E-state index in [0.717, 1.165) is 31.1 Å². The van der Waals surface area contributed by atoms with E-state index in [9.17, 15) is 4.79 Å². The van der Waals surface area contributed by atoms with Crippen molar-refractivity contribution in [3.63, 3.8) is 0 Å². The highest BCUT2D eigenvalue weighted by Gasteiger charge is 2.18. The first kappa shape index (κ1) is 13.3. The molecule has 0 atom stereocenters. The van der Waals surface area contributed by atoms with Crippen molar-refractivity contribution >= 4 is 6.29 Å². The second kappa shape index (κ2) is 6.16. The summed E-state index contributed by atoms with van der Waals surface area (Å²) in [6.07, 6.45) is 3.30. The second-order valence-electron chi connectivity index (χ2n) is 5.37. The third kappa shape index (κ3) is 3.68. The fourth-order valence-corrected chi connectivity index (χ4v) is 2.56. The van der Waals surface area contributed by atoms with Crippen LogP contribution >= 0.6 is 0 Å². The molecule has 4 heteroatoms. The van der Waals surface area contributed by atoms with E-state index in [-0.39, 0.29) is 0 Å². The van der Waals surface area contributed by atoms with Gasteiger partial charge in [0.2, 0.25) is 0 Å². The Kier molecular flexibility index (Phi) is 4.55. The number of furan rings is 1. The SMILES string of the molecule is CN1CCC(CN(C)Cc2ccc(C=O)o2)CC1. The summed E-state index contributed by atoms with van der Waals surface area (Å²) in [6, 6.07) is 3.61. The number of hydrogen-bond acceptors (Lipinski definition) is 4. The highest BCUT2D eigenvalue weighted by atomic mass is 16.3. The summed E-state index contributed by atoms with van der Waals surface area (Å²) in [7, 11) is 4.30. The maximum Gasteiger partial charge on any atom is 0.185 e. The van der Waals surface area contributed by atoms with Gasteiger partial charge in [0.05, 0.1) is 6.54 Å². The zero-order valence-corrected chi connectivity index (χ0v) is 11.3. The minimum Gasteiger partial charge on any atom is -0.457 e. The standard InChI is InChI=1S/C14H22N2O2/c1-15-7-5-12(6-8-15)9-16(2)10-13-3-4-14(11-17)18-13/h3-4,11-12H,5-10H2,1-2H3. The summed E-state index contributed by atoms with van der Waals surface area (Å²) in [5, 5.41) is 0. The summed E-state index contributed by atoms with van der Waals surface area (Å²) in [5.74, 6) is 2.07. The zero-order valence-electron chi connectivity index (χ0n) is 11.3. The normalized spacial score (nSPS) is 18.4. The third-order valence-corrected chi connectivity index (χ3v) is 3.63. The monoisotopic (exact) mass is 250 g/mol. The van der Waals surface area contributed by atoms with Crippen LogP contribution in [0.15, 0.2) is 16.5 Å². The average molecular weight is 250 g/mol. The Morgan fingerprint density at radius 2 is 2.17 bits per heavy atom. The Balaban J connectivity index is 1.77. The highest BCUT2D eigenvalue weighted by molar-refractivity contribution is 5.70. The lowest BCUT2D eigenvalue weighted by Gasteiger charge is -2.31. The lowest BCUT2D eigenvalue weighted by atomic mass is 9.97. The maximum atomic E-state index is 10.5. The van der Waals surface area contributed by atoms with Crippen LogP contribution in [0.5, 0.6) is 0 Å². The number of hydrogen-bond donors (Lipinski definition) is 0. The zero-order chi connectivity index (χ0) is 13.0. The van der Waals surface area contributed by atoms with Crippen molar-refractivity contribution in [2.45, 2.75) is 19.4 Å². The van der Waals surface area contributed by atoms with Crippen LogP contribution in [0.3, 0.4) is 0 Å². The number of carbonyl (C=O) groups excluding carboxylic acids is 1. The van der Waals surface area contributed by atoms with Crippen molar-refractivity contribution < 1.29 is 9.21 Å². The Morgan fingerprint density at radius 1 is 1.44 bits per heavy atom. The molecule has 1 aliphatic rings. The molecule has 0 unspecified atom stereocenters. The summed E-state index contributed by atoms with van der Waals surface area (Å²) in [5.41, 5.74) is 0. The Bertz CT molecular complexity index is 381. The van der Waals surface area contributed by atoms with E-state index in [2.05, 4.69) is 23.9 Å². The van der Waals surface area contributed by atoms with Gasteiger partial charge in [0.25, 0.3) is 0 Å². The van der Waals surface area contributed by atoms with Crippen LogP contribution in [-0.2, 0) is 6.54 Å².